The van der Waals surface area contributed by atoms with Crippen LogP contribution in [-0.2, 0) is 7.05 Å². The largest absolute Gasteiger partial charge is 0.350 e. The van der Waals surface area contributed by atoms with Crippen molar-refractivity contribution in [1.29, 1.82) is 0 Å². The maximum absolute atomic E-state index is 14.2. The topological polar surface area (TPSA) is 30.7 Å². The summed E-state index contributed by atoms with van der Waals surface area (Å²) in [6.45, 7) is 0. The van der Waals surface area contributed by atoms with Gasteiger partial charge in [-0.3, -0.25) is 0 Å². The molecule has 2 aromatic heterocycles. The van der Waals surface area contributed by atoms with E-state index in [4.69, 9.17) is 0 Å². The van der Waals surface area contributed by atoms with Gasteiger partial charge in [0.2, 0.25) is 0 Å². The van der Waals surface area contributed by atoms with Crippen molar-refractivity contribution < 1.29 is 8.78 Å². The van der Waals surface area contributed by atoms with E-state index in [1.54, 1.807) is 6.20 Å². The first kappa shape index (κ1) is 12.9. The van der Waals surface area contributed by atoms with Crippen molar-refractivity contribution in [2.24, 2.45) is 7.05 Å². The second-order valence-electron chi connectivity index (χ2n) is 5.19. The second-order valence-corrected chi connectivity index (χ2v) is 5.19. The highest BCUT2D eigenvalue weighted by Gasteiger charge is 2.15. The number of halogens is 2. The highest BCUT2D eigenvalue weighted by molar-refractivity contribution is 6.11. The summed E-state index contributed by atoms with van der Waals surface area (Å²) < 4.78 is 29.3. The molecule has 0 saturated carbocycles. The Hall–Kier alpha value is -2.82. The minimum atomic E-state index is -0.590. The van der Waals surface area contributed by atoms with E-state index in [-0.39, 0.29) is 0 Å². The van der Waals surface area contributed by atoms with E-state index in [9.17, 15) is 8.78 Å². The monoisotopic (exact) mass is 295 g/mol. The third-order valence-corrected chi connectivity index (χ3v) is 3.86. The minimum absolute atomic E-state index is 0.355. The van der Waals surface area contributed by atoms with Crippen LogP contribution in [0.15, 0.2) is 49.1 Å². The van der Waals surface area contributed by atoms with Gasteiger partial charge in [0.05, 0.1) is 11.0 Å². The molecular formula is C17H11F2N3. The SMILES string of the molecule is Cn1ccc2c3cncnc3cc(-c3ccc(F)cc3F)c21. The number of benzene rings is 2. The summed E-state index contributed by atoms with van der Waals surface area (Å²) in [6.07, 6.45) is 5.11. The van der Waals surface area contributed by atoms with Crippen LogP contribution in [0.3, 0.4) is 0 Å². The molecule has 5 heteroatoms. The fraction of sp³-hybridized carbons (Fsp3) is 0.0588. The van der Waals surface area contributed by atoms with Gasteiger partial charge in [-0.1, -0.05) is 0 Å². The maximum atomic E-state index is 14.2. The van der Waals surface area contributed by atoms with Crippen LogP contribution < -0.4 is 0 Å². The fourth-order valence-corrected chi connectivity index (χ4v) is 2.86. The Balaban J connectivity index is 2.17. The molecule has 0 unspecified atom stereocenters. The number of hydrogen-bond acceptors (Lipinski definition) is 2. The third-order valence-electron chi connectivity index (χ3n) is 3.86. The molecule has 22 heavy (non-hydrogen) atoms. The van der Waals surface area contributed by atoms with E-state index in [2.05, 4.69) is 9.97 Å². The Morgan fingerprint density at radius 1 is 1.00 bits per heavy atom. The molecule has 4 rings (SSSR count). The Labute approximate surface area is 124 Å². The summed E-state index contributed by atoms with van der Waals surface area (Å²) in [7, 11) is 1.89. The van der Waals surface area contributed by atoms with E-state index in [1.807, 2.05) is 29.9 Å². The molecule has 0 spiro atoms. The molecule has 4 aromatic rings. The van der Waals surface area contributed by atoms with Gasteiger partial charge in [-0.05, 0) is 24.3 Å². The van der Waals surface area contributed by atoms with Crippen LogP contribution in [0.2, 0.25) is 0 Å². The van der Waals surface area contributed by atoms with Crippen molar-refractivity contribution in [1.82, 2.24) is 14.5 Å². The minimum Gasteiger partial charge on any atom is -0.350 e. The van der Waals surface area contributed by atoms with E-state index in [1.165, 1.54) is 18.5 Å². The summed E-state index contributed by atoms with van der Waals surface area (Å²) >= 11 is 0. The Kier molecular flexibility index (Phi) is 2.69. The molecule has 0 fully saturated rings. The standard InChI is InChI=1S/C17H11F2N3/c1-22-5-4-12-14-8-20-9-21-16(14)7-13(17(12)22)11-3-2-10(18)6-15(11)19/h2-9H,1H3. The van der Waals surface area contributed by atoms with Crippen LogP contribution in [0.1, 0.15) is 0 Å². The molecule has 0 amide bonds. The van der Waals surface area contributed by atoms with Gasteiger partial charge in [-0.15, -0.1) is 0 Å². The van der Waals surface area contributed by atoms with Gasteiger partial charge in [-0.25, -0.2) is 18.7 Å². The Morgan fingerprint density at radius 2 is 1.86 bits per heavy atom. The van der Waals surface area contributed by atoms with Crippen LogP contribution in [0.4, 0.5) is 8.78 Å². The number of nitrogens with zero attached hydrogens (tertiary/aromatic N) is 3. The number of aryl methyl sites for hydroxylation is 1. The predicted molar refractivity (Wildman–Crippen MR) is 81.4 cm³/mol. The molecule has 2 heterocycles. The van der Waals surface area contributed by atoms with Gasteiger partial charge in [-0.2, -0.15) is 0 Å². The van der Waals surface area contributed by atoms with Gasteiger partial charge < -0.3 is 4.57 Å². The molecule has 0 N–H and O–H groups in total. The molecule has 0 radical (unpaired) electrons. The molecule has 0 atom stereocenters. The molecule has 2 aromatic carbocycles. The molecule has 0 bridgehead atoms. The number of aromatic nitrogens is 3. The molecule has 0 aliphatic heterocycles. The van der Waals surface area contributed by atoms with Gasteiger partial charge in [0.25, 0.3) is 0 Å². The Bertz CT molecular complexity index is 1020. The van der Waals surface area contributed by atoms with Crippen LogP contribution in [0, 0.1) is 11.6 Å². The summed E-state index contributed by atoms with van der Waals surface area (Å²) in [4.78, 5) is 8.32. The Morgan fingerprint density at radius 3 is 2.68 bits per heavy atom. The molecule has 0 saturated heterocycles. The molecule has 108 valence electrons. The van der Waals surface area contributed by atoms with Crippen molar-refractivity contribution in [2.75, 3.05) is 0 Å². The zero-order chi connectivity index (χ0) is 15.3. The normalized spacial score (nSPS) is 11.4. The molecule has 0 aliphatic carbocycles. The second kappa shape index (κ2) is 4.59. The molecule has 3 nitrogen and oxygen atoms in total. The highest BCUT2D eigenvalue weighted by Crippen LogP contribution is 2.35. The predicted octanol–water partition coefficient (Wildman–Crippen LogP) is 4.07. The van der Waals surface area contributed by atoms with Gasteiger partial charge in [0, 0.05) is 47.4 Å². The number of rotatable bonds is 1. The van der Waals surface area contributed by atoms with Gasteiger partial charge >= 0.3 is 0 Å². The van der Waals surface area contributed by atoms with E-state index in [0.717, 1.165) is 27.9 Å². The van der Waals surface area contributed by atoms with Crippen molar-refractivity contribution in [3.8, 4) is 11.1 Å². The van der Waals surface area contributed by atoms with Crippen LogP contribution in [0.25, 0.3) is 32.9 Å². The summed E-state index contributed by atoms with van der Waals surface area (Å²) in [5.74, 6) is -1.18. The first-order valence-corrected chi connectivity index (χ1v) is 6.78. The summed E-state index contributed by atoms with van der Waals surface area (Å²) in [5, 5.41) is 1.85. The summed E-state index contributed by atoms with van der Waals surface area (Å²) in [5.41, 5.74) is 2.64. The van der Waals surface area contributed by atoms with E-state index >= 15 is 0 Å². The van der Waals surface area contributed by atoms with Crippen molar-refractivity contribution in [3.05, 3.63) is 60.7 Å². The van der Waals surface area contributed by atoms with Crippen LogP contribution >= 0.6 is 0 Å². The van der Waals surface area contributed by atoms with Crippen molar-refractivity contribution >= 4 is 21.8 Å². The lowest BCUT2D eigenvalue weighted by Gasteiger charge is -2.10. The summed E-state index contributed by atoms with van der Waals surface area (Å²) in [6, 6.07) is 7.38. The molecule has 0 aliphatic rings. The highest BCUT2D eigenvalue weighted by atomic mass is 19.1. The fourth-order valence-electron chi connectivity index (χ4n) is 2.86. The number of fused-ring (bicyclic) bond motifs is 3. The smallest absolute Gasteiger partial charge is 0.134 e. The average molecular weight is 295 g/mol. The van der Waals surface area contributed by atoms with Crippen LogP contribution in [-0.4, -0.2) is 14.5 Å². The molecular weight excluding hydrogens is 284 g/mol. The zero-order valence-corrected chi connectivity index (χ0v) is 11.7. The van der Waals surface area contributed by atoms with E-state index < -0.39 is 11.6 Å². The van der Waals surface area contributed by atoms with Crippen molar-refractivity contribution in [3.63, 3.8) is 0 Å². The lowest BCUT2D eigenvalue weighted by atomic mass is 10.00. The third kappa shape index (κ3) is 1.79. The van der Waals surface area contributed by atoms with Crippen molar-refractivity contribution in [2.45, 2.75) is 0 Å². The van der Waals surface area contributed by atoms with E-state index in [0.29, 0.717) is 11.1 Å². The van der Waals surface area contributed by atoms with Gasteiger partial charge in [0.15, 0.2) is 0 Å². The average Bonchev–Trinajstić information content (AvgIpc) is 2.89. The van der Waals surface area contributed by atoms with Crippen LogP contribution in [0.5, 0.6) is 0 Å². The van der Waals surface area contributed by atoms with Gasteiger partial charge in [0.1, 0.15) is 18.0 Å². The zero-order valence-electron chi connectivity index (χ0n) is 11.7. The number of hydrogen-bond donors (Lipinski definition) is 0. The first-order valence-electron chi connectivity index (χ1n) is 6.78. The maximum Gasteiger partial charge on any atom is 0.134 e. The quantitative estimate of drug-likeness (QED) is 0.530. The lowest BCUT2D eigenvalue weighted by molar-refractivity contribution is 0.585. The lowest BCUT2D eigenvalue weighted by Crippen LogP contribution is -1.93. The first-order chi connectivity index (χ1) is 10.6.